The van der Waals surface area contributed by atoms with Crippen molar-refractivity contribution in [3.8, 4) is 11.5 Å². The summed E-state index contributed by atoms with van der Waals surface area (Å²) in [4.78, 5) is 36.4. The molecule has 12 nitrogen and oxygen atoms in total. The molecule has 42 heavy (non-hydrogen) atoms. The Balaban J connectivity index is 1.89. The number of rotatable bonds is 14. The first-order valence-electron chi connectivity index (χ1n) is 13.6. The number of ether oxygens (including phenoxy) is 7. The van der Waals surface area contributed by atoms with Crippen LogP contribution in [0.1, 0.15) is 45.8 Å². The van der Waals surface area contributed by atoms with Gasteiger partial charge < -0.3 is 38.3 Å². The molecule has 3 rings (SSSR count). The summed E-state index contributed by atoms with van der Waals surface area (Å²) in [5.74, 6) is -1.01. The summed E-state index contributed by atoms with van der Waals surface area (Å²) < 4.78 is 43.0. The Labute approximate surface area is 261 Å². The summed E-state index contributed by atoms with van der Waals surface area (Å²) in [6.07, 6.45) is -1.11. The number of esters is 2. The minimum atomic E-state index is -0.904. The lowest BCUT2D eigenvalue weighted by atomic mass is 9.90. The molecule has 1 aromatic heterocycles. The summed E-state index contributed by atoms with van der Waals surface area (Å²) in [7, 11) is 0. The first-order chi connectivity index (χ1) is 20.0. The largest absolute Gasteiger partial charge is 0.489 e. The van der Waals surface area contributed by atoms with Crippen LogP contribution in [-0.4, -0.2) is 91.8 Å². The molecule has 1 fully saturated rings. The third-order valence-electron chi connectivity index (χ3n) is 6.52. The van der Waals surface area contributed by atoms with Gasteiger partial charge in [0.25, 0.3) is 0 Å². The Morgan fingerprint density at radius 1 is 0.976 bits per heavy atom. The van der Waals surface area contributed by atoms with E-state index in [1.165, 1.54) is 25.3 Å². The maximum absolute atomic E-state index is 12.6. The number of hydrogen-bond acceptors (Lipinski definition) is 11. The number of fused-ring (bicyclic) bond motifs is 1. The van der Waals surface area contributed by atoms with Crippen molar-refractivity contribution in [2.75, 3.05) is 39.6 Å². The Morgan fingerprint density at radius 2 is 1.60 bits per heavy atom. The van der Waals surface area contributed by atoms with Gasteiger partial charge in [0.2, 0.25) is 12.2 Å². The highest BCUT2D eigenvalue weighted by molar-refractivity contribution is 9.11. The summed E-state index contributed by atoms with van der Waals surface area (Å²) >= 11 is 7.17. The monoisotopic (exact) mass is 721 g/mol. The van der Waals surface area contributed by atoms with Gasteiger partial charge in [-0.2, -0.15) is 0 Å². The third-order valence-corrected chi connectivity index (χ3v) is 7.87. The van der Waals surface area contributed by atoms with Gasteiger partial charge in [-0.3, -0.25) is 19.0 Å². The van der Waals surface area contributed by atoms with Gasteiger partial charge in [-0.05, 0) is 44.3 Å². The van der Waals surface area contributed by atoms with Crippen molar-refractivity contribution in [1.82, 2.24) is 4.57 Å². The molecule has 14 heteroatoms. The zero-order chi connectivity index (χ0) is 31.0. The normalized spacial score (nSPS) is 22.1. The Kier molecular flexibility index (Phi) is 13.1. The number of carbonyl (C=O) groups is 3. The van der Waals surface area contributed by atoms with E-state index in [0.29, 0.717) is 57.6 Å². The summed E-state index contributed by atoms with van der Waals surface area (Å²) in [5.41, 5.74) is 0.561. The highest BCUT2D eigenvalue weighted by Crippen LogP contribution is 2.45. The maximum atomic E-state index is 12.6. The van der Waals surface area contributed by atoms with E-state index in [1.54, 1.807) is 19.2 Å². The second-order valence-corrected chi connectivity index (χ2v) is 11.3. The van der Waals surface area contributed by atoms with Crippen molar-refractivity contribution in [2.45, 2.75) is 65.6 Å². The third kappa shape index (κ3) is 8.44. The van der Waals surface area contributed by atoms with E-state index in [0.717, 1.165) is 0 Å². The predicted molar refractivity (Wildman–Crippen MR) is 158 cm³/mol. The quantitative estimate of drug-likeness (QED) is 0.221. The van der Waals surface area contributed by atoms with E-state index in [9.17, 15) is 14.4 Å². The van der Waals surface area contributed by atoms with E-state index in [1.807, 2.05) is 6.92 Å². The maximum Gasteiger partial charge on any atom is 0.303 e. The van der Waals surface area contributed by atoms with Crippen LogP contribution in [0, 0.1) is 5.92 Å². The average molecular weight is 723 g/mol. The minimum Gasteiger partial charge on any atom is -0.489 e. The molecular formula is C28H37Br2NO11. The summed E-state index contributed by atoms with van der Waals surface area (Å²) in [6, 6.07) is 1.76. The molecule has 0 saturated carbocycles. The van der Waals surface area contributed by atoms with E-state index in [4.69, 9.17) is 38.3 Å². The molecular weight excluding hydrogens is 686 g/mol. The molecule has 0 spiro atoms. The van der Waals surface area contributed by atoms with Crippen LogP contribution < -0.4 is 9.47 Å². The fourth-order valence-electron chi connectivity index (χ4n) is 4.66. The average Bonchev–Trinajstić information content (AvgIpc) is 3.28. The number of aliphatic hydroxyl groups excluding tert-OH is 1. The van der Waals surface area contributed by atoms with Gasteiger partial charge in [-0.1, -0.05) is 13.8 Å². The highest BCUT2D eigenvalue weighted by Gasteiger charge is 2.48. The van der Waals surface area contributed by atoms with Crippen LogP contribution in [0.4, 0.5) is 0 Å². The van der Waals surface area contributed by atoms with Crippen molar-refractivity contribution < 1.29 is 52.6 Å². The van der Waals surface area contributed by atoms with Crippen molar-refractivity contribution in [3.05, 3.63) is 21.2 Å². The fourth-order valence-corrected chi connectivity index (χ4v) is 6.19. The molecule has 0 radical (unpaired) electrons. The number of aliphatic hydroxyl groups is 1. The number of aromatic nitrogens is 1. The fraction of sp³-hybridized carbons (Fsp3) is 0.607. The van der Waals surface area contributed by atoms with Crippen LogP contribution in [0.15, 0.2) is 21.2 Å². The topological polar surface area (TPSA) is 141 Å². The number of carbonyl (C=O) groups excluding carboxylic acids is 3. The zero-order valence-electron chi connectivity index (χ0n) is 24.2. The number of hydrogen-bond donors (Lipinski definition) is 1. The molecule has 0 aliphatic carbocycles. The second-order valence-electron chi connectivity index (χ2n) is 9.65. The summed E-state index contributed by atoms with van der Waals surface area (Å²) in [6.45, 7) is 9.11. The molecule has 1 saturated heterocycles. The van der Waals surface area contributed by atoms with Crippen LogP contribution in [0.2, 0.25) is 0 Å². The van der Waals surface area contributed by atoms with Gasteiger partial charge in [-0.25, -0.2) is 0 Å². The molecule has 0 unspecified atom stereocenters. The molecule has 1 aliphatic heterocycles. The van der Waals surface area contributed by atoms with E-state index < -0.39 is 42.5 Å². The van der Waals surface area contributed by atoms with Gasteiger partial charge in [0.05, 0.1) is 65.0 Å². The van der Waals surface area contributed by atoms with Gasteiger partial charge >= 0.3 is 11.9 Å². The van der Waals surface area contributed by atoms with Gasteiger partial charge in [-0.15, -0.1) is 0 Å². The molecule has 5 atom stereocenters. The first-order valence-corrected chi connectivity index (χ1v) is 15.2. The van der Waals surface area contributed by atoms with Crippen LogP contribution in [0.3, 0.4) is 0 Å². The van der Waals surface area contributed by atoms with Crippen molar-refractivity contribution in [1.29, 1.82) is 0 Å². The Bertz CT molecular complexity index is 1250. The van der Waals surface area contributed by atoms with Gasteiger partial charge in [0.1, 0.15) is 30.3 Å². The van der Waals surface area contributed by atoms with Crippen molar-refractivity contribution >= 4 is 60.6 Å². The SMILES string of the molecule is CC[C@H]1O[C@@H](Oc2cn(C(C)=O)c3cc(Br)c(OCCOCCOCCO)c(Br)c23)[C@H](C)[C@@H](OC(C)=O)[C@@H]1OC(C)=O. The van der Waals surface area contributed by atoms with Crippen LogP contribution >= 0.6 is 31.9 Å². The second kappa shape index (κ2) is 16.0. The standard InChI is InChI=1S/C28H37Br2NO11/c1-6-21-27(40-18(5)35)25(39-17(4)34)15(2)28(41-21)42-22-14-31(16(3)33)20-13-19(29)26(24(30)23(20)22)38-12-11-37-10-9-36-8-7-32/h13-15,21,25,27-28,32H,6-12H2,1-5H3/t15-,21-,25-,27-,28+/m1/s1. The summed E-state index contributed by atoms with van der Waals surface area (Å²) in [5, 5.41) is 9.32. The van der Waals surface area contributed by atoms with Crippen LogP contribution in [-0.2, 0) is 33.3 Å². The number of halogens is 2. The zero-order valence-corrected chi connectivity index (χ0v) is 27.4. The molecule has 1 aliphatic rings. The molecule has 1 N–H and O–H groups in total. The van der Waals surface area contributed by atoms with Gasteiger partial charge in [0, 0.05) is 20.8 Å². The predicted octanol–water partition coefficient (Wildman–Crippen LogP) is 4.24. The van der Waals surface area contributed by atoms with E-state index >= 15 is 0 Å². The van der Waals surface area contributed by atoms with Crippen molar-refractivity contribution in [3.63, 3.8) is 0 Å². The van der Waals surface area contributed by atoms with Crippen molar-refractivity contribution in [2.24, 2.45) is 5.92 Å². The highest BCUT2D eigenvalue weighted by atomic mass is 79.9. The van der Waals surface area contributed by atoms with Gasteiger partial charge in [0.15, 0.2) is 6.10 Å². The lowest BCUT2D eigenvalue weighted by molar-refractivity contribution is -0.260. The Morgan fingerprint density at radius 3 is 2.19 bits per heavy atom. The minimum absolute atomic E-state index is 0.0444. The van der Waals surface area contributed by atoms with E-state index in [2.05, 4.69) is 31.9 Å². The molecule has 234 valence electrons. The number of nitrogens with zero attached hydrogens (tertiary/aromatic N) is 1. The molecule has 2 heterocycles. The molecule has 0 amide bonds. The Hall–Kier alpha value is -2.23. The van der Waals surface area contributed by atoms with Crippen LogP contribution in [0.25, 0.3) is 10.9 Å². The number of benzene rings is 1. The lowest BCUT2D eigenvalue weighted by Crippen LogP contribution is -2.57. The molecule has 2 aromatic rings. The first kappa shape index (κ1) is 34.3. The van der Waals surface area contributed by atoms with Crippen LogP contribution in [0.5, 0.6) is 11.5 Å². The smallest absolute Gasteiger partial charge is 0.303 e. The lowest BCUT2D eigenvalue weighted by Gasteiger charge is -2.43. The van der Waals surface area contributed by atoms with E-state index in [-0.39, 0.29) is 25.7 Å². The molecule has 0 bridgehead atoms. The molecule has 1 aromatic carbocycles.